The molecular weight excluding hydrogens is 292 g/mol. The fourth-order valence-electron chi connectivity index (χ4n) is 2.84. The van der Waals surface area contributed by atoms with Crippen LogP contribution in [-0.4, -0.2) is 22.2 Å². The van der Waals surface area contributed by atoms with E-state index in [1.807, 2.05) is 0 Å². The molecule has 2 atom stereocenters. The minimum Gasteiger partial charge on any atom is -0.481 e. The zero-order chi connectivity index (χ0) is 15.7. The summed E-state index contributed by atoms with van der Waals surface area (Å²) < 4.78 is 0. The normalized spacial score (nSPS) is 28.3. The lowest BCUT2D eigenvalue weighted by molar-refractivity contribution is -0.151. The monoisotopic (exact) mass is 308 g/mol. The van der Waals surface area contributed by atoms with E-state index in [0.29, 0.717) is 11.4 Å². The van der Waals surface area contributed by atoms with Gasteiger partial charge in [-0.2, -0.15) is 0 Å². The quantitative estimate of drug-likeness (QED) is 0.661. The summed E-state index contributed by atoms with van der Waals surface area (Å²) in [6.45, 7) is 1.55. The van der Waals surface area contributed by atoms with Gasteiger partial charge >= 0.3 is 11.9 Å². The second kappa shape index (κ2) is 5.53. The predicted octanol–water partition coefficient (Wildman–Crippen LogP) is 3.19. The van der Waals surface area contributed by atoms with Crippen LogP contribution in [0.2, 0.25) is 0 Å². The van der Waals surface area contributed by atoms with Gasteiger partial charge in [-0.05, 0) is 30.9 Å². The molecule has 0 spiro atoms. The number of aliphatic carboxylic acids is 2. The van der Waals surface area contributed by atoms with Crippen molar-refractivity contribution in [3.05, 3.63) is 47.5 Å². The molecule has 0 amide bonds. The molecule has 1 aromatic carbocycles. The molecule has 1 aliphatic carbocycles. The molecule has 0 bridgehead atoms. The van der Waals surface area contributed by atoms with Crippen LogP contribution < -0.4 is 0 Å². The van der Waals surface area contributed by atoms with Crippen LogP contribution in [0.1, 0.15) is 30.9 Å². The Labute approximate surface area is 128 Å². The average molecular weight is 309 g/mol. The highest BCUT2D eigenvalue weighted by Gasteiger charge is 2.49. The third-order valence-electron chi connectivity index (χ3n) is 4.18. The van der Waals surface area contributed by atoms with Crippen LogP contribution in [-0.2, 0) is 20.9 Å². The Bertz CT molecular complexity index is 593. The van der Waals surface area contributed by atoms with Gasteiger partial charge in [-0.25, -0.2) is 0 Å². The SMILES string of the molecule is CC1(C(=O)O)C=CCC(C(=O)O)(c2ccc(CCl)cc2)C1. The van der Waals surface area contributed by atoms with Crippen LogP contribution in [0.25, 0.3) is 0 Å². The molecule has 0 radical (unpaired) electrons. The highest BCUT2D eigenvalue weighted by molar-refractivity contribution is 6.17. The molecular formula is C16H17ClO4. The number of halogens is 1. The molecule has 4 nitrogen and oxygen atoms in total. The summed E-state index contributed by atoms with van der Waals surface area (Å²) in [5, 5.41) is 19.1. The minimum atomic E-state index is -1.22. The van der Waals surface area contributed by atoms with Crippen molar-refractivity contribution < 1.29 is 19.8 Å². The summed E-state index contributed by atoms with van der Waals surface area (Å²) >= 11 is 5.74. The lowest BCUT2D eigenvalue weighted by Gasteiger charge is -2.38. The Hall–Kier alpha value is -1.81. The molecule has 1 aliphatic rings. The van der Waals surface area contributed by atoms with Crippen molar-refractivity contribution in [3.8, 4) is 0 Å². The number of alkyl halides is 1. The van der Waals surface area contributed by atoms with E-state index in [1.165, 1.54) is 0 Å². The zero-order valence-electron chi connectivity index (χ0n) is 11.7. The van der Waals surface area contributed by atoms with Crippen molar-refractivity contribution in [2.45, 2.75) is 31.1 Å². The molecule has 112 valence electrons. The predicted molar refractivity (Wildman–Crippen MR) is 79.4 cm³/mol. The Kier molecular flexibility index (Phi) is 4.10. The molecule has 0 saturated carbocycles. The Morgan fingerprint density at radius 2 is 1.81 bits per heavy atom. The standard InChI is InChI=1S/C16H17ClO4/c1-15(13(18)19)7-2-8-16(10-15,14(20)21)12-5-3-11(9-17)4-6-12/h2-7H,8-10H2,1H3,(H,18,19)(H,20,21). The Morgan fingerprint density at radius 3 is 2.29 bits per heavy atom. The summed E-state index contributed by atoms with van der Waals surface area (Å²) in [5.41, 5.74) is -0.886. The van der Waals surface area contributed by atoms with Gasteiger partial charge in [-0.3, -0.25) is 9.59 Å². The molecule has 2 unspecified atom stereocenters. The van der Waals surface area contributed by atoms with Crippen LogP contribution in [0.4, 0.5) is 0 Å². The van der Waals surface area contributed by atoms with E-state index < -0.39 is 22.8 Å². The summed E-state index contributed by atoms with van der Waals surface area (Å²) in [7, 11) is 0. The van der Waals surface area contributed by atoms with Crippen LogP contribution in [0.5, 0.6) is 0 Å². The van der Waals surface area contributed by atoms with Crippen molar-refractivity contribution in [1.82, 2.24) is 0 Å². The third kappa shape index (κ3) is 2.68. The number of carboxylic acid groups (broad SMARTS) is 2. The van der Waals surface area contributed by atoms with Crippen LogP contribution in [0.3, 0.4) is 0 Å². The number of carbonyl (C=O) groups is 2. The molecule has 21 heavy (non-hydrogen) atoms. The van der Waals surface area contributed by atoms with Crippen molar-refractivity contribution in [2.24, 2.45) is 5.41 Å². The molecule has 0 aliphatic heterocycles. The smallest absolute Gasteiger partial charge is 0.314 e. The fraction of sp³-hybridized carbons (Fsp3) is 0.375. The maximum absolute atomic E-state index is 11.9. The first-order valence-corrected chi connectivity index (χ1v) is 7.17. The first-order valence-electron chi connectivity index (χ1n) is 6.64. The van der Waals surface area contributed by atoms with Gasteiger partial charge in [0, 0.05) is 5.88 Å². The first-order chi connectivity index (χ1) is 9.84. The first kappa shape index (κ1) is 15.6. The summed E-state index contributed by atoms with van der Waals surface area (Å²) in [6, 6.07) is 7.02. The van der Waals surface area contributed by atoms with E-state index in [-0.39, 0.29) is 12.8 Å². The second-order valence-corrected chi connectivity index (χ2v) is 5.99. The van der Waals surface area contributed by atoms with E-state index in [9.17, 15) is 19.8 Å². The van der Waals surface area contributed by atoms with Crippen molar-refractivity contribution >= 4 is 23.5 Å². The van der Waals surface area contributed by atoms with Crippen LogP contribution in [0.15, 0.2) is 36.4 Å². The van der Waals surface area contributed by atoms with Crippen molar-refractivity contribution in [1.29, 1.82) is 0 Å². The van der Waals surface area contributed by atoms with Gasteiger partial charge < -0.3 is 10.2 Å². The van der Waals surface area contributed by atoms with Gasteiger partial charge in [0.05, 0.1) is 10.8 Å². The van der Waals surface area contributed by atoms with E-state index >= 15 is 0 Å². The second-order valence-electron chi connectivity index (χ2n) is 5.72. The van der Waals surface area contributed by atoms with Gasteiger partial charge in [0.15, 0.2) is 0 Å². The third-order valence-corrected chi connectivity index (χ3v) is 4.49. The zero-order valence-corrected chi connectivity index (χ0v) is 12.4. The Balaban J connectivity index is 2.49. The van der Waals surface area contributed by atoms with E-state index in [1.54, 1.807) is 43.3 Å². The molecule has 2 N–H and O–H groups in total. The largest absolute Gasteiger partial charge is 0.481 e. The van der Waals surface area contributed by atoms with Gasteiger partial charge in [0.2, 0.25) is 0 Å². The summed E-state index contributed by atoms with van der Waals surface area (Å²) in [6.07, 6.45) is 3.55. The minimum absolute atomic E-state index is 0.0292. The molecule has 5 heteroatoms. The summed E-state index contributed by atoms with van der Waals surface area (Å²) in [4.78, 5) is 23.3. The lowest BCUT2D eigenvalue weighted by Crippen LogP contribution is -2.44. The number of hydrogen-bond donors (Lipinski definition) is 2. The van der Waals surface area contributed by atoms with Gasteiger partial charge in [-0.15, -0.1) is 11.6 Å². The van der Waals surface area contributed by atoms with Crippen molar-refractivity contribution in [2.75, 3.05) is 0 Å². The number of carboxylic acids is 2. The van der Waals surface area contributed by atoms with Crippen LogP contribution in [0, 0.1) is 5.41 Å². The number of hydrogen-bond acceptors (Lipinski definition) is 2. The van der Waals surface area contributed by atoms with E-state index in [4.69, 9.17) is 11.6 Å². The summed E-state index contributed by atoms with van der Waals surface area (Å²) in [5.74, 6) is -1.66. The maximum Gasteiger partial charge on any atom is 0.314 e. The maximum atomic E-state index is 11.9. The molecule has 0 heterocycles. The molecule has 0 fully saturated rings. The van der Waals surface area contributed by atoms with Crippen LogP contribution >= 0.6 is 11.6 Å². The number of benzene rings is 1. The van der Waals surface area contributed by atoms with Gasteiger partial charge in [0.1, 0.15) is 0 Å². The molecule has 2 rings (SSSR count). The molecule has 0 aromatic heterocycles. The van der Waals surface area contributed by atoms with Gasteiger partial charge in [-0.1, -0.05) is 36.4 Å². The number of allylic oxidation sites excluding steroid dienone is 1. The average Bonchev–Trinajstić information content (AvgIpc) is 2.47. The molecule has 0 saturated heterocycles. The molecule has 1 aromatic rings. The van der Waals surface area contributed by atoms with E-state index in [2.05, 4.69) is 0 Å². The Morgan fingerprint density at radius 1 is 1.19 bits per heavy atom. The van der Waals surface area contributed by atoms with E-state index in [0.717, 1.165) is 5.56 Å². The topological polar surface area (TPSA) is 74.6 Å². The fourth-order valence-corrected chi connectivity index (χ4v) is 3.02. The lowest BCUT2D eigenvalue weighted by atomic mass is 9.63. The highest BCUT2D eigenvalue weighted by atomic mass is 35.5. The number of rotatable bonds is 4. The van der Waals surface area contributed by atoms with Gasteiger partial charge in [0.25, 0.3) is 0 Å². The highest BCUT2D eigenvalue weighted by Crippen LogP contribution is 2.45. The van der Waals surface area contributed by atoms with Crippen molar-refractivity contribution in [3.63, 3.8) is 0 Å².